The first kappa shape index (κ1) is 11.5. The summed E-state index contributed by atoms with van der Waals surface area (Å²) < 4.78 is 0. The Morgan fingerprint density at radius 1 is 1.50 bits per heavy atom. The fourth-order valence-electron chi connectivity index (χ4n) is 2.19. The van der Waals surface area contributed by atoms with Crippen LogP contribution in [0.4, 0.5) is 0 Å². The molecule has 1 atom stereocenters. The molecule has 6 nitrogen and oxygen atoms in total. The minimum atomic E-state index is 0.567. The van der Waals surface area contributed by atoms with E-state index in [4.69, 9.17) is 0 Å². The van der Waals surface area contributed by atoms with Gasteiger partial charge < -0.3 is 5.32 Å². The van der Waals surface area contributed by atoms with E-state index in [0.717, 1.165) is 32.0 Å². The summed E-state index contributed by atoms with van der Waals surface area (Å²) in [4.78, 5) is 3.96. The van der Waals surface area contributed by atoms with Crippen molar-refractivity contribution in [2.45, 2.75) is 26.4 Å². The molecule has 0 spiro atoms. The topological polar surface area (TPSA) is 58.9 Å². The molecule has 1 aliphatic rings. The Kier molecular flexibility index (Phi) is 3.50. The van der Waals surface area contributed by atoms with Gasteiger partial charge in [0.05, 0.1) is 13.6 Å². The molecule has 1 aromatic rings. The fourth-order valence-corrected chi connectivity index (χ4v) is 2.19. The van der Waals surface area contributed by atoms with Crippen molar-refractivity contribution >= 4 is 0 Å². The lowest BCUT2D eigenvalue weighted by molar-refractivity contribution is 0.114. The van der Waals surface area contributed by atoms with Crippen LogP contribution in [-0.4, -0.2) is 50.8 Å². The van der Waals surface area contributed by atoms with Gasteiger partial charge in [-0.05, 0) is 11.1 Å². The Bertz CT molecular complexity index is 334. The van der Waals surface area contributed by atoms with Crippen LogP contribution >= 0.6 is 0 Å². The molecule has 0 aliphatic carbocycles. The minimum Gasteiger partial charge on any atom is -0.314 e. The van der Waals surface area contributed by atoms with Crippen molar-refractivity contribution in [2.75, 3.05) is 19.6 Å². The second-order valence-electron chi connectivity index (χ2n) is 4.68. The maximum atomic E-state index is 4.23. The predicted molar refractivity (Wildman–Crippen MR) is 60.7 cm³/mol. The Labute approximate surface area is 96.0 Å². The van der Waals surface area contributed by atoms with Crippen molar-refractivity contribution in [1.29, 1.82) is 0 Å². The summed E-state index contributed by atoms with van der Waals surface area (Å²) in [7, 11) is 1.80. The summed E-state index contributed by atoms with van der Waals surface area (Å²) in [6.45, 7) is 8.48. The summed E-state index contributed by atoms with van der Waals surface area (Å²) in [5.74, 6) is 1.46. The van der Waals surface area contributed by atoms with Gasteiger partial charge in [0.2, 0.25) is 0 Å². The zero-order valence-electron chi connectivity index (χ0n) is 10.2. The largest absolute Gasteiger partial charge is 0.314 e. The molecule has 0 saturated carbocycles. The zero-order valence-corrected chi connectivity index (χ0v) is 10.2. The van der Waals surface area contributed by atoms with Gasteiger partial charge in [-0.2, -0.15) is 4.80 Å². The quantitative estimate of drug-likeness (QED) is 0.760. The molecule has 6 heteroatoms. The number of aromatic nitrogens is 4. The first-order chi connectivity index (χ1) is 7.66. The highest BCUT2D eigenvalue weighted by Crippen LogP contribution is 2.14. The van der Waals surface area contributed by atoms with E-state index in [2.05, 4.69) is 39.5 Å². The lowest BCUT2D eigenvalue weighted by atomic mass is 10.0. The third-order valence-electron chi connectivity index (χ3n) is 3.06. The first-order valence-electron chi connectivity index (χ1n) is 5.84. The standard InChI is InChI=1S/C10H20N6/c1-8(2)9-6-11-4-5-16(9)7-10-12-14-15(3)13-10/h8-9,11H,4-7H2,1-3H3. The minimum absolute atomic E-state index is 0.567. The Hall–Kier alpha value is -1.01. The van der Waals surface area contributed by atoms with E-state index in [1.54, 1.807) is 7.05 Å². The highest BCUT2D eigenvalue weighted by molar-refractivity contribution is 4.86. The molecule has 16 heavy (non-hydrogen) atoms. The van der Waals surface area contributed by atoms with Crippen LogP contribution in [0.25, 0.3) is 0 Å². The summed E-state index contributed by atoms with van der Waals surface area (Å²) in [6.07, 6.45) is 0. The van der Waals surface area contributed by atoms with Crippen LogP contribution in [0.15, 0.2) is 0 Å². The van der Waals surface area contributed by atoms with Crippen molar-refractivity contribution in [1.82, 2.24) is 30.4 Å². The molecule has 1 aliphatic heterocycles. The van der Waals surface area contributed by atoms with Crippen LogP contribution < -0.4 is 5.32 Å². The van der Waals surface area contributed by atoms with E-state index in [-0.39, 0.29) is 0 Å². The molecule has 0 bridgehead atoms. The number of hydrogen-bond acceptors (Lipinski definition) is 5. The monoisotopic (exact) mass is 224 g/mol. The molecule has 1 N–H and O–H groups in total. The summed E-state index contributed by atoms with van der Waals surface area (Å²) in [5, 5.41) is 15.6. The summed E-state index contributed by atoms with van der Waals surface area (Å²) >= 11 is 0. The van der Waals surface area contributed by atoms with Crippen LogP contribution in [0.1, 0.15) is 19.7 Å². The van der Waals surface area contributed by atoms with Gasteiger partial charge in [-0.25, -0.2) is 0 Å². The molecular weight excluding hydrogens is 204 g/mol. The van der Waals surface area contributed by atoms with Crippen LogP contribution in [0, 0.1) is 5.92 Å². The second-order valence-corrected chi connectivity index (χ2v) is 4.68. The Morgan fingerprint density at radius 3 is 2.94 bits per heavy atom. The van der Waals surface area contributed by atoms with Crippen LogP contribution in [0.5, 0.6) is 0 Å². The number of nitrogens with zero attached hydrogens (tertiary/aromatic N) is 5. The van der Waals surface area contributed by atoms with Gasteiger partial charge in [0, 0.05) is 25.7 Å². The van der Waals surface area contributed by atoms with Crippen LogP contribution in [-0.2, 0) is 13.6 Å². The average molecular weight is 224 g/mol. The number of tetrazole rings is 1. The molecule has 0 radical (unpaired) electrons. The number of hydrogen-bond donors (Lipinski definition) is 1. The van der Waals surface area contributed by atoms with Crippen molar-refractivity contribution in [3.8, 4) is 0 Å². The van der Waals surface area contributed by atoms with Gasteiger partial charge in [-0.15, -0.1) is 10.2 Å². The molecule has 1 aromatic heterocycles. The molecule has 1 saturated heterocycles. The number of aryl methyl sites for hydroxylation is 1. The Morgan fingerprint density at radius 2 is 2.31 bits per heavy atom. The Balaban J connectivity index is 2.01. The second kappa shape index (κ2) is 4.88. The molecule has 1 unspecified atom stereocenters. The van der Waals surface area contributed by atoms with Gasteiger partial charge in [0.25, 0.3) is 0 Å². The van der Waals surface area contributed by atoms with Crippen LogP contribution in [0.2, 0.25) is 0 Å². The highest BCUT2D eigenvalue weighted by Gasteiger charge is 2.25. The third-order valence-corrected chi connectivity index (χ3v) is 3.06. The molecule has 1 fully saturated rings. The van der Waals surface area contributed by atoms with Crippen molar-refractivity contribution in [3.63, 3.8) is 0 Å². The first-order valence-corrected chi connectivity index (χ1v) is 5.84. The fraction of sp³-hybridized carbons (Fsp3) is 0.900. The van der Waals surface area contributed by atoms with Gasteiger partial charge in [-0.3, -0.25) is 4.90 Å². The van der Waals surface area contributed by atoms with E-state index >= 15 is 0 Å². The number of rotatable bonds is 3. The van der Waals surface area contributed by atoms with Gasteiger partial charge >= 0.3 is 0 Å². The summed E-state index contributed by atoms with van der Waals surface area (Å²) in [5.41, 5.74) is 0. The van der Waals surface area contributed by atoms with E-state index in [1.165, 1.54) is 4.80 Å². The van der Waals surface area contributed by atoms with Crippen molar-refractivity contribution < 1.29 is 0 Å². The van der Waals surface area contributed by atoms with Gasteiger partial charge in [-0.1, -0.05) is 13.8 Å². The van der Waals surface area contributed by atoms with Gasteiger partial charge in [0.1, 0.15) is 0 Å². The molecule has 2 heterocycles. The summed E-state index contributed by atoms with van der Waals surface area (Å²) in [6, 6.07) is 0.567. The smallest absolute Gasteiger partial charge is 0.188 e. The molecular formula is C10H20N6. The zero-order chi connectivity index (χ0) is 11.5. The SMILES string of the molecule is CC(C)C1CNCCN1Cc1nnn(C)n1. The molecule has 0 aromatic carbocycles. The molecule has 2 rings (SSSR count). The average Bonchev–Trinajstić information content (AvgIpc) is 2.64. The predicted octanol–water partition coefficient (Wildman–Crippen LogP) is -0.360. The maximum absolute atomic E-state index is 4.23. The van der Waals surface area contributed by atoms with E-state index in [0.29, 0.717) is 12.0 Å². The third kappa shape index (κ3) is 2.56. The lowest BCUT2D eigenvalue weighted by Gasteiger charge is -2.37. The van der Waals surface area contributed by atoms with Crippen LogP contribution in [0.3, 0.4) is 0 Å². The molecule has 0 amide bonds. The lowest BCUT2D eigenvalue weighted by Crippen LogP contribution is -2.53. The van der Waals surface area contributed by atoms with E-state index < -0.39 is 0 Å². The normalized spacial score (nSPS) is 22.9. The van der Waals surface area contributed by atoms with Crippen molar-refractivity contribution in [2.24, 2.45) is 13.0 Å². The van der Waals surface area contributed by atoms with Crippen molar-refractivity contribution in [3.05, 3.63) is 5.82 Å². The van der Waals surface area contributed by atoms with Gasteiger partial charge in [0.15, 0.2) is 5.82 Å². The van der Waals surface area contributed by atoms with E-state index in [1.807, 2.05) is 0 Å². The number of nitrogens with one attached hydrogen (secondary N) is 1. The highest BCUT2D eigenvalue weighted by atomic mass is 15.6. The molecule has 90 valence electrons. The maximum Gasteiger partial charge on any atom is 0.188 e. The van der Waals surface area contributed by atoms with E-state index in [9.17, 15) is 0 Å². The number of piperazine rings is 1.